The molecule has 2 aliphatic rings. The average Bonchev–Trinajstić information content (AvgIpc) is 2.64. The Hall–Kier alpha value is -1.14. The van der Waals surface area contributed by atoms with Crippen LogP contribution in [0.15, 0.2) is 0 Å². The number of carboxylic acids is 1. The zero-order chi connectivity index (χ0) is 18.6. The Balaban J connectivity index is 1.51. The van der Waals surface area contributed by atoms with Gasteiger partial charge < -0.3 is 20.5 Å². The molecule has 26 heavy (non-hydrogen) atoms. The molecule has 3 unspecified atom stereocenters. The first-order valence-corrected chi connectivity index (χ1v) is 10.5. The molecule has 6 heteroatoms. The summed E-state index contributed by atoms with van der Waals surface area (Å²) in [6, 6.07) is 0.944. The SMILES string of the molecule is O=C(O)CCCCCCCCC(=O)OC1CCNC(C2CCCCN2)C1. The van der Waals surface area contributed by atoms with Gasteiger partial charge in [-0.05, 0) is 45.2 Å². The van der Waals surface area contributed by atoms with E-state index < -0.39 is 5.97 Å². The van der Waals surface area contributed by atoms with Crippen molar-refractivity contribution in [2.75, 3.05) is 13.1 Å². The van der Waals surface area contributed by atoms with Crippen LogP contribution in [0.25, 0.3) is 0 Å². The number of hydrogen-bond acceptors (Lipinski definition) is 5. The fourth-order valence-electron chi connectivity index (χ4n) is 4.05. The zero-order valence-electron chi connectivity index (χ0n) is 16.0. The maximum atomic E-state index is 12.1. The van der Waals surface area contributed by atoms with Crippen LogP contribution in [0.1, 0.15) is 83.5 Å². The van der Waals surface area contributed by atoms with Crippen LogP contribution in [0.2, 0.25) is 0 Å². The summed E-state index contributed by atoms with van der Waals surface area (Å²) in [4.78, 5) is 22.5. The first-order valence-electron chi connectivity index (χ1n) is 10.5. The van der Waals surface area contributed by atoms with E-state index >= 15 is 0 Å². The molecule has 2 heterocycles. The summed E-state index contributed by atoms with van der Waals surface area (Å²) in [5, 5.41) is 15.8. The molecular weight excluding hydrogens is 332 g/mol. The van der Waals surface area contributed by atoms with E-state index in [0.717, 1.165) is 64.5 Å². The summed E-state index contributed by atoms with van der Waals surface area (Å²) in [5.74, 6) is -0.773. The second-order valence-electron chi connectivity index (χ2n) is 7.77. The molecule has 2 aliphatic heterocycles. The second-order valence-corrected chi connectivity index (χ2v) is 7.77. The van der Waals surface area contributed by atoms with E-state index in [2.05, 4.69) is 10.6 Å². The van der Waals surface area contributed by atoms with Crippen LogP contribution in [0.4, 0.5) is 0 Å². The molecule has 2 fully saturated rings. The number of rotatable bonds is 11. The van der Waals surface area contributed by atoms with Crippen molar-refractivity contribution in [2.45, 2.75) is 102 Å². The number of esters is 1. The van der Waals surface area contributed by atoms with Gasteiger partial charge in [0.05, 0.1) is 0 Å². The molecule has 0 radical (unpaired) electrons. The maximum absolute atomic E-state index is 12.1. The monoisotopic (exact) mass is 368 g/mol. The van der Waals surface area contributed by atoms with E-state index in [0.29, 0.717) is 18.5 Å². The van der Waals surface area contributed by atoms with E-state index in [-0.39, 0.29) is 18.5 Å². The number of aliphatic carboxylic acids is 1. The van der Waals surface area contributed by atoms with Crippen molar-refractivity contribution in [1.82, 2.24) is 10.6 Å². The summed E-state index contributed by atoms with van der Waals surface area (Å²) in [5.41, 5.74) is 0. The number of piperidine rings is 2. The molecule has 6 nitrogen and oxygen atoms in total. The first kappa shape index (κ1) is 21.2. The number of carbonyl (C=O) groups excluding carboxylic acids is 1. The maximum Gasteiger partial charge on any atom is 0.306 e. The van der Waals surface area contributed by atoms with Gasteiger partial charge in [0, 0.05) is 31.3 Å². The lowest BCUT2D eigenvalue weighted by molar-refractivity contribution is -0.151. The van der Waals surface area contributed by atoms with Crippen LogP contribution in [0.3, 0.4) is 0 Å². The normalized spacial score (nSPS) is 26.4. The van der Waals surface area contributed by atoms with Crippen molar-refractivity contribution in [2.24, 2.45) is 0 Å². The van der Waals surface area contributed by atoms with E-state index in [9.17, 15) is 9.59 Å². The summed E-state index contributed by atoms with van der Waals surface area (Å²) in [6.07, 6.45) is 12.2. The minimum atomic E-state index is -0.716. The summed E-state index contributed by atoms with van der Waals surface area (Å²) >= 11 is 0. The van der Waals surface area contributed by atoms with Crippen LogP contribution in [-0.4, -0.2) is 48.3 Å². The summed E-state index contributed by atoms with van der Waals surface area (Å²) < 4.78 is 5.71. The number of ether oxygens (including phenoxy) is 1. The molecule has 0 aromatic heterocycles. The van der Waals surface area contributed by atoms with Crippen LogP contribution in [0.5, 0.6) is 0 Å². The quantitative estimate of drug-likeness (QED) is 0.384. The Bertz CT molecular complexity index is 424. The second kappa shape index (κ2) is 12.3. The predicted molar refractivity (Wildman–Crippen MR) is 101 cm³/mol. The number of unbranched alkanes of at least 4 members (excludes halogenated alkanes) is 5. The fraction of sp³-hybridized carbons (Fsp3) is 0.900. The van der Waals surface area contributed by atoms with Gasteiger partial charge in [-0.2, -0.15) is 0 Å². The van der Waals surface area contributed by atoms with Crippen molar-refractivity contribution in [3.8, 4) is 0 Å². The van der Waals surface area contributed by atoms with Gasteiger partial charge in [0.2, 0.25) is 0 Å². The highest BCUT2D eigenvalue weighted by molar-refractivity contribution is 5.69. The van der Waals surface area contributed by atoms with Gasteiger partial charge >= 0.3 is 11.9 Å². The molecule has 3 atom stereocenters. The Kier molecular flexibility index (Phi) is 10.00. The minimum Gasteiger partial charge on any atom is -0.481 e. The molecule has 3 N–H and O–H groups in total. The van der Waals surface area contributed by atoms with Gasteiger partial charge in [-0.15, -0.1) is 0 Å². The molecule has 0 aromatic rings. The van der Waals surface area contributed by atoms with Crippen LogP contribution in [0, 0.1) is 0 Å². The van der Waals surface area contributed by atoms with Gasteiger partial charge in [0.15, 0.2) is 0 Å². The molecule has 0 saturated carbocycles. The third kappa shape index (κ3) is 8.49. The lowest BCUT2D eigenvalue weighted by Crippen LogP contribution is -2.54. The zero-order valence-corrected chi connectivity index (χ0v) is 16.0. The van der Waals surface area contributed by atoms with E-state index in [4.69, 9.17) is 9.84 Å². The highest BCUT2D eigenvalue weighted by Gasteiger charge is 2.30. The van der Waals surface area contributed by atoms with Crippen molar-refractivity contribution in [3.63, 3.8) is 0 Å². The third-order valence-corrected chi connectivity index (χ3v) is 5.54. The third-order valence-electron chi connectivity index (χ3n) is 5.54. The largest absolute Gasteiger partial charge is 0.481 e. The molecule has 0 spiro atoms. The lowest BCUT2D eigenvalue weighted by atomic mass is 9.90. The first-order chi connectivity index (χ1) is 12.6. The van der Waals surface area contributed by atoms with Gasteiger partial charge in [-0.25, -0.2) is 0 Å². The van der Waals surface area contributed by atoms with Gasteiger partial charge in [0.1, 0.15) is 6.10 Å². The van der Waals surface area contributed by atoms with Crippen molar-refractivity contribution in [1.29, 1.82) is 0 Å². The van der Waals surface area contributed by atoms with Crippen molar-refractivity contribution < 1.29 is 19.4 Å². The van der Waals surface area contributed by atoms with Crippen LogP contribution < -0.4 is 10.6 Å². The molecule has 2 rings (SSSR count). The van der Waals surface area contributed by atoms with Crippen molar-refractivity contribution in [3.05, 3.63) is 0 Å². The summed E-state index contributed by atoms with van der Waals surface area (Å²) in [6.45, 7) is 2.03. The topological polar surface area (TPSA) is 87.7 Å². The van der Waals surface area contributed by atoms with E-state index in [1.54, 1.807) is 0 Å². The molecule has 2 saturated heterocycles. The smallest absolute Gasteiger partial charge is 0.306 e. The molecule has 150 valence electrons. The van der Waals surface area contributed by atoms with Gasteiger partial charge in [-0.3, -0.25) is 9.59 Å². The van der Waals surface area contributed by atoms with Crippen LogP contribution in [-0.2, 0) is 14.3 Å². The Morgan fingerprint density at radius 3 is 2.23 bits per heavy atom. The van der Waals surface area contributed by atoms with E-state index in [1.807, 2.05) is 0 Å². The Morgan fingerprint density at radius 2 is 1.54 bits per heavy atom. The Labute approximate surface area is 157 Å². The number of hydrogen-bond donors (Lipinski definition) is 3. The Morgan fingerprint density at radius 1 is 0.846 bits per heavy atom. The summed E-state index contributed by atoms with van der Waals surface area (Å²) in [7, 11) is 0. The number of carbonyl (C=O) groups is 2. The van der Waals surface area contributed by atoms with Gasteiger partial charge in [0.25, 0.3) is 0 Å². The number of nitrogens with one attached hydrogen (secondary N) is 2. The standard InChI is InChI=1S/C20H36N2O4/c23-19(24)10-5-3-1-2-4-6-11-20(25)26-16-12-14-22-18(15-16)17-9-7-8-13-21-17/h16-18,21-22H,1-15H2,(H,23,24). The minimum absolute atomic E-state index is 0.0573. The van der Waals surface area contributed by atoms with Crippen LogP contribution >= 0.6 is 0 Å². The number of carboxylic acid groups (broad SMARTS) is 1. The predicted octanol–water partition coefficient (Wildman–Crippen LogP) is 3.00. The highest BCUT2D eigenvalue weighted by atomic mass is 16.5. The fourth-order valence-corrected chi connectivity index (χ4v) is 4.05. The van der Waals surface area contributed by atoms with Gasteiger partial charge in [-0.1, -0.05) is 32.1 Å². The highest BCUT2D eigenvalue weighted by Crippen LogP contribution is 2.20. The molecule has 0 amide bonds. The van der Waals surface area contributed by atoms with E-state index in [1.165, 1.54) is 19.3 Å². The molecular formula is C20H36N2O4. The van der Waals surface area contributed by atoms with Crippen molar-refractivity contribution >= 4 is 11.9 Å². The lowest BCUT2D eigenvalue weighted by Gasteiger charge is -2.37. The molecule has 0 aromatic carbocycles. The average molecular weight is 369 g/mol. The molecule has 0 aliphatic carbocycles. The molecule has 0 bridgehead atoms.